The van der Waals surface area contributed by atoms with Gasteiger partial charge in [-0.05, 0) is 31.3 Å². The number of hydrogen-bond acceptors (Lipinski definition) is 3. The van der Waals surface area contributed by atoms with Gasteiger partial charge in [0.2, 0.25) is 0 Å². The number of halogens is 2. The lowest BCUT2D eigenvalue weighted by molar-refractivity contribution is 0.204. The van der Waals surface area contributed by atoms with Crippen LogP contribution in [-0.2, 0) is 11.3 Å². The van der Waals surface area contributed by atoms with Crippen LogP contribution in [0.25, 0.3) is 0 Å². The standard InChI is InChI=1S/C15H18Cl2N4OS/c1-10-8-14(19-15(23)18-6-7-22-2)20-21(10)9-11-12(16)4-3-5-13(11)17/h3-5,8H,6-7,9H2,1-2H3,(H2,18,19,20,23). The van der Waals surface area contributed by atoms with Crippen molar-refractivity contribution >= 4 is 46.4 Å². The third-order valence-corrected chi connectivity index (χ3v) is 4.14. The summed E-state index contributed by atoms with van der Waals surface area (Å²) in [5.74, 6) is 0.667. The van der Waals surface area contributed by atoms with Crippen LogP contribution in [0.1, 0.15) is 11.3 Å². The first-order chi connectivity index (χ1) is 11.0. The Kier molecular flexibility index (Phi) is 6.65. The molecule has 0 saturated heterocycles. The minimum atomic E-state index is 0.496. The minimum absolute atomic E-state index is 0.496. The zero-order valence-corrected chi connectivity index (χ0v) is 15.2. The second-order valence-corrected chi connectivity index (χ2v) is 6.13. The van der Waals surface area contributed by atoms with E-state index in [1.807, 2.05) is 35.9 Å². The van der Waals surface area contributed by atoms with E-state index in [0.29, 0.717) is 40.7 Å². The van der Waals surface area contributed by atoms with Gasteiger partial charge in [0.15, 0.2) is 10.9 Å². The highest BCUT2D eigenvalue weighted by atomic mass is 35.5. The van der Waals surface area contributed by atoms with E-state index in [2.05, 4.69) is 15.7 Å². The number of benzene rings is 1. The van der Waals surface area contributed by atoms with Gasteiger partial charge >= 0.3 is 0 Å². The van der Waals surface area contributed by atoms with E-state index < -0.39 is 0 Å². The third-order valence-electron chi connectivity index (χ3n) is 3.18. The first-order valence-electron chi connectivity index (χ1n) is 7.02. The van der Waals surface area contributed by atoms with Gasteiger partial charge in [-0.1, -0.05) is 29.3 Å². The normalized spacial score (nSPS) is 10.6. The summed E-state index contributed by atoms with van der Waals surface area (Å²) in [6, 6.07) is 7.36. The van der Waals surface area contributed by atoms with E-state index in [1.54, 1.807) is 7.11 Å². The third kappa shape index (κ3) is 5.07. The maximum Gasteiger partial charge on any atom is 0.172 e. The lowest BCUT2D eigenvalue weighted by Gasteiger charge is -2.09. The molecule has 0 aliphatic carbocycles. The Morgan fingerprint density at radius 1 is 1.35 bits per heavy atom. The van der Waals surface area contributed by atoms with Gasteiger partial charge in [-0.25, -0.2) is 0 Å². The Labute approximate surface area is 150 Å². The molecule has 1 heterocycles. The molecule has 0 spiro atoms. The van der Waals surface area contributed by atoms with Crippen molar-refractivity contribution in [1.82, 2.24) is 15.1 Å². The molecule has 8 heteroatoms. The smallest absolute Gasteiger partial charge is 0.172 e. The van der Waals surface area contributed by atoms with Crippen molar-refractivity contribution in [2.45, 2.75) is 13.5 Å². The molecule has 0 unspecified atom stereocenters. The molecule has 0 atom stereocenters. The number of nitrogens with zero attached hydrogens (tertiary/aromatic N) is 2. The Morgan fingerprint density at radius 3 is 2.70 bits per heavy atom. The fourth-order valence-electron chi connectivity index (χ4n) is 1.99. The van der Waals surface area contributed by atoms with Crippen molar-refractivity contribution in [1.29, 1.82) is 0 Å². The van der Waals surface area contributed by atoms with Crippen LogP contribution < -0.4 is 10.6 Å². The predicted molar refractivity (Wildman–Crippen MR) is 98.6 cm³/mol. The zero-order valence-electron chi connectivity index (χ0n) is 12.9. The summed E-state index contributed by atoms with van der Waals surface area (Å²) in [5.41, 5.74) is 1.82. The molecule has 0 radical (unpaired) electrons. The van der Waals surface area contributed by atoms with Gasteiger partial charge in [0.1, 0.15) is 0 Å². The van der Waals surface area contributed by atoms with Crippen LogP contribution in [0, 0.1) is 6.92 Å². The Morgan fingerprint density at radius 2 is 2.04 bits per heavy atom. The maximum absolute atomic E-state index is 6.21. The first kappa shape index (κ1) is 18.0. The highest BCUT2D eigenvalue weighted by molar-refractivity contribution is 7.80. The quantitative estimate of drug-likeness (QED) is 0.600. The summed E-state index contributed by atoms with van der Waals surface area (Å²) >= 11 is 17.6. The van der Waals surface area contributed by atoms with E-state index in [1.165, 1.54) is 0 Å². The van der Waals surface area contributed by atoms with Crippen molar-refractivity contribution in [3.63, 3.8) is 0 Å². The average Bonchev–Trinajstić information content (AvgIpc) is 2.83. The molecule has 2 rings (SSSR count). The largest absolute Gasteiger partial charge is 0.383 e. The van der Waals surface area contributed by atoms with Crippen LogP contribution in [0.2, 0.25) is 10.0 Å². The summed E-state index contributed by atoms with van der Waals surface area (Å²) in [6.45, 7) is 3.68. The number of anilines is 1. The molecule has 1 aromatic heterocycles. The minimum Gasteiger partial charge on any atom is -0.383 e. The molecule has 2 aromatic rings. The van der Waals surface area contributed by atoms with E-state index in [-0.39, 0.29) is 0 Å². The molecule has 0 bridgehead atoms. The second kappa shape index (κ2) is 8.49. The summed E-state index contributed by atoms with van der Waals surface area (Å²) in [6.07, 6.45) is 0. The first-order valence-corrected chi connectivity index (χ1v) is 8.19. The summed E-state index contributed by atoms with van der Waals surface area (Å²) in [7, 11) is 1.64. The van der Waals surface area contributed by atoms with Gasteiger partial charge in [0, 0.05) is 41.0 Å². The maximum atomic E-state index is 6.21. The summed E-state index contributed by atoms with van der Waals surface area (Å²) in [4.78, 5) is 0. The lowest BCUT2D eigenvalue weighted by atomic mass is 10.2. The topological polar surface area (TPSA) is 51.1 Å². The number of thiocarbonyl (C=S) groups is 1. The van der Waals surface area contributed by atoms with Gasteiger partial charge in [-0.3, -0.25) is 4.68 Å². The molecule has 0 saturated carbocycles. The molecular formula is C15H18Cl2N4OS. The number of aromatic nitrogens is 2. The highest BCUT2D eigenvalue weighted by Crippen LogP contribution is 2.25. The van der Waals surface area contributed by atoms with E-state index in [0.717, 1.165) is 11.3 Å². The number of nitrogens with one attached hydrogen (secondary N) is 2. The SMILES string of the molecule is COCCNC(=S)Nc1cc(C)n(Cc2c(Cl)cccc2Cl)n1. The Balaban J connectivity index is 2.05. The van der Waals surface area contributed by atoms with Gasteiger partial charge in [0.05, 0.1) is 13.2 Å². The molecule has 0 fully saturated rings. The Bertz CT molecular complexity index is 670. The van der Waals surface area contributed by atoms with Crippen molar-refractivity contribution in [2.75, 3.05) is 25.6 Å². The van der Waals surface area contributed by atoms with Crippen molar-refractivity contribution in [3.05, 3.63) is 45.6 Å². The molecule has 5 nitrogen and oxygen atoms in total. The number of ether oxygens (including phenoxy) is 1. The van der Waals surface area contributed by atoms with E-state index in [4.69, 9.17) is 40.2 Å². The summed E-state index contributed by atoms with van der Waals surface area (Å²) in [5, 5.41) is 12.3. The van der Waals surface area contributed by atoms with Crippen molar-refractivity contribution in [3.8, 4) is 0 Å². The van der Waals surface area contributed by atoms with E-state index >= 15 is 0 Å². The highest BCUT2D eigenvalue weighted by Gasteiger charge is 2.10. The van der Waals surface area contributed by atoms with Gasteiger partial charge in [0.25, 0.3) is 0 Å². The molecule has 2 N–H and O–H groups in total. The molecule has 1 aromatic carbocycles. The van der Waals surface area contributed by atoms with Crippen molar-refractivity contribution < 1.29 is 4.74 Å². The van der Waals surface area contributed by atoms with Crippen LogP contribution in [0.15, 0.2) is 24.3 Å². The Hall–Kier alpha value is -1.34. The molecule has 0 amide bonds. The molecule has 0 aliphatic rings. The average molecular weight is 373 g/mol. The number of hydrogen-bond donors (Lipinski definition) is 2. The number of aryl methyl sites for hydroxylation is 1. The van der Waals surface area contributed by atoms with Crippen LogP contribution in [0.3, 0.4) is 0 Å². The van der Waals surface area contributed by atoms with Gasteiger partial charge < -0.3 is 15.4 Å². The molecule has 23 heavy (non-hydrogen) atoms. The fraction of sp³-hybridized carbons (Fsp3) is 0.333. The number of methoxy groups -OCH3 is 1. The van der Waals surface area contributed by atoms with Crippen LogP contribution in [0.4, 0.5) is 5.82 Å². The van der Waals surface area contributed by atoms with Crippen LogP contribution in [-0.4, -0.2) is 35.2 Å². The summed E-state index contributed by atoms with van der Waals surface area (Å²) < 4.78 is 6.79. The zero-order chi connectivity index (χ0) is 16.8. The van der Waals surface area contributed by atoms with Gasteiger partial charge in [-0.15, -0.1) is 0 Å². The van der Waals surface area contributed by atoms with Gasteiger partial charge in [-0.2, -0.15) is 5.10 Å². The van der Waals surface area contributed by atoms with Crippen LogP contribution in [0.5, 0.6) is 0 Å². The fourth-order valence-corrected chi connectivity index (χ4v) is 2.72. The molecule has 124 valence electrons. The monoisotopic (exact) mass is 372 g/mol. The molecule has 0 aliphatic heterocycles. The molecular weight excluding hydrogens is 355 g/mol. The lowest BCUT2D eigenvalue weighted by Crippen LogP contribution is -2.31. The van der Waals surface area contributed by atoms with Crippen LogP contribution >= 0.6 is 35.4 Å². The second-order valence-electron chi connectivity index (χ2n) is 4.90. The van der Waals surface area contributed by atoms with E-state index in [9.17, 15) is 0 Å². The number of rotatable bonds is 6. The van der Waals surface area contributed by atoms with Crippen molar-refractivity contribution in [2.24, 2.45) is 0 Å². The predicted octanol–water partition coefficient (Wildman–Crippen LogP) is 3.48.